The average Bonchev–Trinajstić information content (AvgIpc) is 2.73. The van der Waals surface area contributed by atoms with Gasteiger partial charge in [-0.25, -0.2) is 4.79 Å². The number of rotatable bonds is 3. The molecule has 1 fully saturated rings. The van der Waals surface area contributed by atoms with Crippen molar-refractivity contribution in [1.82, 2.24) is 9.78 Å². The van der Waals surface area contributed by atoms with Crippen LogP contribution < -0.4 is 0 Å². The maximum atomic E-state index is 11.0. The molecule has 5 nitrogen and oxygen atoms in total. The summed E-state index contributed by atoms with van der Waals surface area (Å²) in [6.07, 6.45) is 5.34. The minimum absolute atomic E-state index is 0.0631. The molecule has 0 amide bonds. The van der Waals surface area contributed by atoms with E-state index in [1.165, 1.54) is 6.20 Å². The van der Waals surface area contributed by atoms with E-state index < -0.39 is 12.1 Å². The fraction of sp³-hybridized carbons (Fsp3) is 0.667. The normalized spacial score (nSPS) is 24.8. The molecule has 5 heteroatoms. The lowest BCUT2D eigenvalue weighted by Crippen LogP contribution is -2.29. The Morgan fingerprint density at radius 1 is 1.53 bits per heavy atom. The molecule has 2 unspecified atom stereocenters. The Bertz CT molecular complexity index is 414. The maximum absolute atomic E-state index is 11.0. The molecule has 17 heavy (non-hydrogen) atoms. The van der Waals surface area contributed by atoms with Crippen LogP contribution in [0.2, 0.25) is 0 Å². The zero-order chi connectivity index (χ0) is 12.4. The van der Waals surface area contributed by atoms with E-state index in [4.69, 9.17) is 5.11 Å². The molecule has 1 aromatic heterocycles. The highest BCUT2D eigenvalue weighted by Gasteiger charge is 2.28. The highest BCUT2D eigenvalue weighted by atomic mass is 16.4. The van der Waals surface area contributed by atoms with Crippen LogP contribution in [0.25, 0.3) is 0 Å². The van der Waals surface area contributed by atoms with Crippen molar-refractivity contribution in [3.8, 4) is 0 Å². The number of carboxylic acid groups (broad SMARTS) is 1. The zero-order valence-electron chi connectivity index (χ0n) is 9.96. The summed E-state index contributed by atoms with van der Waals surface area (Å²) in [4.78, 5) is 11.0. The van der Waals surface area contributed by atoms with Crippen molar-refractivity contribution in [3.63, 3.8) is 0 Å². The fourth-order valence-electron chi connectivity index (χ4n) is 2.58. The molecule has 94 valence electrons. The summed E-state index contributed by atoms with van der Waals surface area (Å²) in [6.45, 7) is 1.91. The summed E-state index contributed by atoms with van der Waals surface area (Å²) in [7, 11) is 0. The smallest absolute Gasteiger partial charge is 0.339 e. The molecule has 1 heterocycles. The molecule has 1 aliphatic carbocycles. The molecule has 1 aromatic rings. The van der Waals surface area contributed by atoms with Crippen LogP contribution in [-0.4, -0.2) is 32.1 Å². The Kier molecular flexibility index (Phi) is 3.47. The molecule has 2 rings (SSSR count). The third-order valence-electron chi connectivity index (χ3n) is 3.47. The standard InChI is InChI=1S/C12H18N2O3/c1-2-9-8(12(16)17)7-13-14(9)10-5-3-4-6-11(10)15/h7,10-11,15H,2-6H2,1H3,(H,16,17). The number of aliphatic hydroxyl groups is 1. The van der Waals surface area contributed by atoms with Crippen molar-refractivity contribution in [2.75, 3.05) is 0 Å². The SMILES string of the molecule is CCc1c(C(=O)O)cnn1C1CCCCC1O. The van der Waals surface area contributed by atoms with Crippen LogP contribution in [0.4, 0.5) is 0 Å². The van der Waals surface area contributed by atoms with Crippen LogP contribution in [0.15, 0.2) is 6.20 Å². The van der Waals surface area contributed by atoms with Crippen molar-refractivity contribution in [1.29, 1.82) is 0 Å². The van der Waals surface area contributed by atoms with Crippen molar-refractivity contribution in [3.05, 3.63) is 17.5 Å². The highest BCUT2D eigenvalue weighted by molar-refractivity contribution is 5.88. The van der Waals surface area contributed by atoms with Crippen LogP contribution >= 0.6 is 0 Å². The van der Waals surface area contributed by atoms with Crippen LogP contribution in [0.1, 0.15) is 54.7 Å². The molecular formula is C12H18N2O3. The lowest BCUT2D eigenvalue weighted by atomic mass is 9.92. The minimum Gasteiger partial charge on any atom is -0.478 e. The van der Waals surface area contributed by atoms with E-state index in [-0.39, 0.29) is 11.6 Å². The Morgan fingerprint density at radius 2 is 2.24 bits per heavy atom. The molecule has 0 saturated heterocycles. The molecule has 0 bridgehead atoms. The largest absolute Gasteiger partial charge is 0.478 e. The van der Waals surface area contributed by atoms with Gasteiger partial charge in [0.25, 0.3) is 0 Å². The molecule has 0 aliphatic heterocycles. The second-order valence-electron chi connectivity index (χ2n) is 4.53. The Morgan fingerprint density at radius 3 is 2.82 bits per heavy atom. The van der Waals surface area contributed by atoms with Gasteiger partial charge >= 0.3 is 5.97 Å². The highest BCUT2D eigenvalue weighted by Crippen LogP contribution is 2.30. The van der Waals surface area contributed by atoms with Gasteiger partial charge in [0.05, 0.1) is 24.0 Å². The van der Waals surface area contributed by atoms with Gasteiger partial charge in [-0.3, -0.25) is 4.68 Å². The van der Waals surface area contributed by atoms with Crippen molar-refractivity contribution < 1.29 is 15.0 Å². The first-order chi connectivity index (χ1) is 8.15. The molecule has 1 saturated carbocycles. The number of carbonyl (C=O) groups is 1. The second kappa shape index (κ2) is 4.87. The van der Waals surface area contributed by atoms with Crippen molar-refractivity contribution in [2.24, 2.45) is 0 Å². The van der Waals surface area contributed by atoms with Gasteiger partial charge in [-0.15, -0.1) is 0 Å². The number of nitrogens with zero attached hydrogens (tertiary/aromatic N) is 2. The predicted octanol–water partition coefficient (Wildman–Crippen LogP) is 1.62. The van der Waals surface area contributed by atoms with Crippen LogP contribution in [0.5, 0.6) is 0 Å². The van der Waals surface area contributed by atoms with E-state index in [0.29, 0.717) is 12.1 Å². The summed E-state index contributed by atoms with van der Waals surface area (Å²) in [5, 5.41) is 23.2. The van der Waals surface area contributed by atoms with Crippen molar-refractivity contribution >= 4 is 5.97 Å². The molecule has 0 aromatic carbocycles. The lowest BCUT2D eigenvalue weighted by molar-refractivity contribution is 0.0660. The lowest BCUT2D eigenvalue weighted by Gasteiger charge is -2.29. The maximum Gasteiger partial charge on any atom is 0.339 e. The van der Waals surface area contributed by atoms with E-state index >= 15 is 0 Å². The summed E-state index contributed by atoms with van der Waals surface area (Å²) in [5.41, 5.74) is 0.966. The molecule has 1 aliphatic rings. The Hall–Kier alpha value is -1.36. The molecule has 0 radical (unpaired) electrons. The fourth-order valence-corrected chi connectivity index (χ4v) is 2.58. The van der Waals surface area contributed by atoms with Gasteiger partial charge in [0.1, 0.15) is 5.56 Å². The van der Waals surface area contributed by atoms with Gasteiger partial charge < -0.3 is 10.2 Å². The third kappa shape index (κ3) is 2.20. The first-order valence-corrected chi connectivity index (χ1v) is 6.13. The number of hydrogen-bond acceptors (Lipinski definition) is 3. The summed E-state index contributed by atoms with van der Waals surface area (Å²) in [6, 6.07) is -0.0631. The quantitative estimate of drug-likeness (QED) is 0.839. The van der Waals surface area contributed by atoms with Crippen LogP contribution in [-0.2, 0) is 6.42 Å². The van der Waals surface area contributed by atoms with Crippen molar-refractivity contribution in [2.45, 2.75) is 51.2 Å². The second-order valence-corrected chi connectivity index (χ2v) is 4.53. The zero-order valence-corrected chi connectivity index (χ0v) is 9.96. The van der Waals surface area contributed by atoms with E-state index in [9.17, 15) is 9.90 Å². The van der Waals surface area contributed by atoms with E-state index in [2.05, 4.69) is 5.10 Å². The monoisotopic (exact) mass is 238 g/mol. The summed E-state index contributed by atoms with van der Waals surface area (Å²) < 4.78 is 1.72. The van der Waals surface area contributed by atoms with Gasteiger partial charge in [0, 0.05) is 0 Å². The topological polar surface area (TPSA) is 75.3 Å². The first kappa shape index (κ1) is 12.1. The average molecular weight is 238 g/mol. The molecular weight excluding hydrogens is 220 g/mol. The van der Waals surface area contributed by atoms with Gasteiger partial charge in [0.15, 0.2) is 0 Å². The number of hydrogen-bond donors (Lipinski definition) is 2. The molecule has 2 atom stereocenters. The summed E-state index contributed by atoms with van der Waals surface area (Å²) in [5.74, 6) is -0.946. The van der Waals surface area contributed by atoms with E-state index in [1.807, 2.05) is 6.92 Å². The van der Waals surface area contributed by atoms with Gasteiger partial charge in [-0.05, 0) is 19.3 Å². The Labute approximate surface area is 100 Å². The number of carboxylic acids is 1. The number of aromatic nitrogens is 2. The van der Waals surface area contributed by atoms with E-state index in [0.717, 1.165) is 25.7 Å². The molecule has 2 N–H and O–H groups in total. The van der Waals surface area contributed by atoms with E-state index in [1.54, 1.807) is 4.68 Å². The predicted molar refractivity (Wildman–Crippen MR) is 62.1 cm³/mol. The number of aliphatic hydroxyl groups excluding tert-OH is 1. The first-order valence-electron chi connectivity index (χ1n) is 6.13. The van der Waals surface area contributed by atoms with Gasteiger partial charge in [-0.2, -0.15) is 5.10 Å². The molecule has 0 spiro atoms. The Balaban J connectivity index is 2.34. The van der Waals surface area contributed by atoms with Gasteiger partial charge in [0.2, 0.25) is 0 Å². The number of aromatic carboxylic acids is 1. The summed E-state index contributed by atoms with van der Waals surface area (Å²) >= 11 is 0. The van der Waals surface area contributed by atoms with Gasteiger partial charge in [-0.1, -0.05) is 19.8 Å². The minimum atomic E-state index is -0.946. The van der Waals surface area contributed by atoms with Crippen LogP contribution in [0, 0.1) is 0 Å². The van der Waals surface area contributed by atoms with Crippen LogP contribution in [0.3, 0.4) is 0 Å². The third-order valence-corrected chi connectivity index (χ3v) is 3.47.